The molecule has 2 rings (SSSR count). The molecule has 0 aliphatic heterocycles. The first-order valence-corrected chi connectivity index (χ1v) is 4.45. The van der Waals surface area contributed by atoms with Gasteiger partial charge in [-0.05, 0) is 12.1 Å². The molecule has 0 aliphatic carbocycles. The predicted octanol–water partition coefficient (Wildman–Crippen LogP) is 2.08. The summed E-state index contributed by atoms with van der Waals surface area (Å²) in [5, 5.41) is 2.68. The molecule has 6 heteroatoms. The molecular weight excluding hydrogens is 214 g/mol. The molecule has 0 unspecified atom stereocenters. The van der Waals surface area contributed by atoms with Gasteiger partial charge in [-0.2, -0.15) is 0 Å². The second kappa shape index (κ2) is 4.09. The van der Waals surface area contributed by atoms with Crippen LogP contribution in [0, 0.1) is 11.6 Å². The molecule has 1 aromatic carbocycles. The summed E-state index contributed by atoms with van der Waals surface area (Å²) in [4.78, 5) is 7.67. The SMILES string of the molecule is Nc1nccnc1Nc1cc(F)cc(F)c1. The van der Waals surface area contributed by atoms with Gasteiger partial charge in [0.2, 0.25) is 0 Å². The number of nitrogen functional groups attached to an aromatic ring is 1. The Bertz CT molecular complexity index is 496. The third-order valence-electron chi connectivity index (χ3n) is 1.85. The van der Waals surface area contributed by atoms with Crippen molar-refractivity contribution in [1.29, 1.82) is 0 Å². The lowest BCUT2D eigenvalue weighted by molar-refractivity contribution is 0.584. The minimum absolute atomic E-state index is 0.159. The first-order valence-electron chi connectivity index (χ1n) is 4.45. The number of aromatic nitrogens is 2. The Balaban J connectivity index is 2.30. The summed E-state index contributed by atoms with van der Waals surface area (Å²) in [6.07, 6.45) is 2.85. The molecule has 0 saturated carbocycles. The number of anilines is 3. The summed E-state index contributed by atoms with van der Waals surface area (Å²) in [6.45, 7) is 0. The predicted molar refractivity (Wildman–Crippen MR) is 56.1 cm³/mol. The van der Waals surface area contributed by atoms with E-state index in [0.29, 0.717) is 0 Å². The second-order valence-corrected chi connectivity index (χ2v) is 3.07. The summed E-state index contributed by atoms with van der Waals surface area (Å²) < 4.78 is 25.8. The van der Waals surface area contributed by atoms with Crippen molar-refractivity contribution in [1.82, 2.24) is 9.97 Å². The summed E-state index contributed by atoms with van der Waals surface area (Å²) in [6, 6.07) is 3.06. The maximum Gasteiger partial charge on any atom is 0.173 e. The van der Waals surface area contributed by atoms with Crippen molar-refractivity contribution in [2.75, 3.05) is 11.1 Å². The summed E-state index contributed by atoms with van der Waals surface area (Å²) >= 11 is 0. The van der Waals surface area contributed by atoms with Crippen LogP contribution >= 0.6 is 0 Å². The summed E-state index contributed by atoms with van der Waals surface area (Å²) in [5.74, 6) is -0.936. The molecule has 0 bridgehead atoms. The highest BCUT2D eigenvalue weighted by atomic mass is 19.1. The number of rotatable bonds is 2. The van der Waals surface area contributed by atoms with Gasteiger partial charge in [0.25, 0.3) is 0 Å². The highest BCUT2D eigenvalue weighted by Crippen LogP contribution is 2.19. The molecule has 0 atom stereocenters. The Hall–Kier alpha value is -2.24. The molecule has 1 aromatic heterocycles. The van der Waals surface area contributed by atoms with Gasteiger partial charge in [0, 0.05) is 24.1 Å². The van der Waals surface area contributed by atoms with Crippen LogP contribution in [0.25, 0.3) is 0 Å². The van der Waals surface area contributed by atoms with Gasteiger partial charge < -0.3 is 11.1 Å². The molecule has 1 heterocycles. The molecule has 0 aliphatic rings. The Morgan fingerprint density at radius 3 is 2.25 bits per heavy atom. The molecule has 16 heavy (non-hydrogen) atoms. The zero-order valence-corrected chi connectivity index (χ0v) is 8.11. The van der Waals surface area contributed by atoms with Gasteiger partial charge in [0.05, 0.1) is 0 Å². The highest BCUT2D eigenvalue weighted by Gasteiger charge is 2.04. The third-order valence-corrected chi connectivity index (χ3v) is 1.85. The third kappa shape index (κ3) is 2.22. The van der Waals surface area contributed by atoms with E-state index in [0.717, 1.165) is 18.2 Å². The van der Waals surface area contributed by atoms with Crippen LogP contribution < -0.4 is 11.1 Å². The Labute approximate surface area is 90.1 Å². The van der Waals surface area contributed by atoms with E-state index in [2.05, 4.69) is 15.3 Å². The van der Waals surface area contributed by atoms with Crippen LogP contribution in [0.3, 0.4) is 0 Å². The van der Waals surface area contributed by atoms with Crippen LogP contribution in [0.15, 0.2) is 30.6 Å². The molecule has 2 aromatic rings. The van der Waals surface area contributed by atoms with E-state index in [1.807, 2.05) is 0 Å². The van der Waals surface area contributed by atoms with Gasteiger partial charge in [0.1, 0.15) is 11.6 Å². The minimum Gasteiger partial charge on any atom is -0.381 e. The van der Waals surface area contributed by atoms with E-state index >= 15 is 0 Å². The summed E-state index contributed by atoms with van der Waals surface area (Å²) in [7, 11) is 0. The van der Waals surface area contributed by atoms with Gasteiger partial charge >= 0.3 is 0 Å². The lowest BCUT2D eigenvalue weighted by atomic mass is 10.3. The van der Waals surface area contributed by atoms with Crippen LogP contribution in [-0.4, -0.2) is 9.97 Å². The molecule has 0 radical (unpaired) electrons. The fourth-order valence-electron chi connectivity index (χ4n) is 1.21. The lowest BCUT2D eigenvalue weighted by Crippen LogP contribution is -2.01. The molecule has 3 N–H and O–H groups in total. The topological polar surface area (TPSA) is 63.8 Å². The van der Waals surface area contributed by atoms with Gasteiger partial charge in [-0.25, -0.2) is 18.7 Å². The van der Waals surface area contributed by atoms with Crippen LogP contribution in [0.4, 0.5) is 26.1 Å². The van der Waals surface area contributed by atoms with Crippen molar-refractivity contribution in [3.05, 3.63) is 42.2 Å². The zero-order chi connectivity index (χ0) is 11.5. The van der Waals surface area contributed by atoms with Gasteiger partial charge in [0.15, 0.2) is 11.6 Å². The van der Waals surface area contributed by atoms with Gasteiger partial charge in [-0.15, -0.1) is 0 Å². The maximum atomic E-state index is 12.9. The normalized spacial score (nSPS) is 10.1. The number of hydrogen-bond acceptors (Lipinski definition) is 4. The van der Waals surface area contributed by atoms with Crippen molar-refractivity contribution in [3.63, 3.8) is 0 Å². The van der Waals surface area contributed by atoms with Gasteiger partial charge in [-0.1, -0.05) is 0 Å². The largest absolute Gasteiger partial charge is 0.381 e. The highest BCUT2D eigenvalue weighted by molar-refractivity contribution is 5.65. The number of hydrogen-bond donors (Lipinski definition) is 2. The fraction of sp³-hybridized carbons (Fsp3) is 0. The Kier molecular flexibility index (Phi) is 2.63. The molecule has 0 amide bonds. The number of nitrogens with one attached hydrogen (secondary N) is 1. The van der Waals surface area contributed by atoms with Crippen LogP contribution in [0.2, 0.25) is 0 Å². The van der Waals surface area contributed by atoms with E-state index in [-0.39, 0.29) is 17.3 Å². The number of nitrogens with zero attached hydrogens (tertiary/aromatic N) is 2. The van der Waals surface area contributed by atoms with Crippen LogP contribution in [0.5, 0.6) is 0 Å². The number of benzene rings is 1. The van der Waals surface area contributed by atoms with Crippen molar-refractivity contribution in [2.24, 2.45) is 0 Å². The van der Waals surface area contributed by atoms with Crippen molar-refractivity contribution >= 4 is 17.3 Å². The number of nitrogens with two attached hydrogens (primary N) is 1. The molecule has 0 fully saturated rings. The Morgan fingerprint density at radius 1 is 1.00 bits per heavy atom. The smallest absolute Gasteiger partial charge is 0.173 e. The standard InChI is InChI=1S/C10H8F2N4/c11-6-3-7(12)5-8(4-6)16-10-9(13)14-1-2-15-10/h1-5H,(H2,13,14)(H,15,16). The van der Waals surface area contributed by atoms with Gasteiger partial charge in [-0.3, -0.25) is 0 Å². The quantitative estimate of drug-likeness (QED) is 0.816. The average Bonchev–Trinajstić information content (AvgIpc) is 2.20. The van der Waals surface area contributed by atoms with Crippen molar-refractivity contribution in [3.8, 4) is 0 Å². The molecule has 0 saturated heterocycles. The van der Waals surface area contributed by atoms with E-state index in [1.165, 1.54) is 12.4 Å². The van der Waals surface area contributed by atoms with E-state index in [9.17, 15) is 8.78 Å². The van der Waals surface area contributed by atoms with Crippen molar-refractivity contribution < 1.29 is 8.78 Å². The first kappa shape index (κ1) is 10.3. The lowest BCUT2D eigenvalue weighted by Gasteiger charge is -2.07. The monoisotopic (exact) mass is 222 g/mol. The van der Waals surface area contributed by atoms with Crippen LogP contribution in [-0.2, 0) is 0 Å². The van der Waals surface area contributed by atoms with E-state index in [1.54, 1.807) is 0 Å². The van der Waals surface area contributed by atoms with E-state index < -0.39 is 11.6 Å². The minimum atomic E-state index is -0.676. The average molecular weight is 222 g/mol. The summed E-state index contributed by atoms with van der Waals surface area (Å²) in [5.41, 5.74) is 5.75. The maximum absolute atomic E-state index is 12.9. The molecule has 0 spiro atoms. The Morgan fingerprint density at radius 2 is 1.62 bits per heavy atom. The van der Waals surface area contributed by atoms with Crippen molar-refractivity contribution in [2.45, 2.75) is 0 Å². The number of halogens is 2. The van der Waals surface area contributed by atoms with Crippen LogP contribution in [0.1, 0.15) is 0 Å². The molecule has 4 nitrogen and oxygen atoms in total. The fourth-order valence-corrected chi connectivity index (χ4v) is 1.21. The van der Waals surface area contributed by atoms with E-state index in [4.69, 9.17) is 5.73 Å². The molecular formula is C10H8F2N4. The first-order chi connectivity index (χ1) is 7.65. The molecule has 82 valence electrons. The second-order valence-electron chi connectivity index (χ2n) is 3.07. The zero-order valence-electron chi connectivity index (χ0n) is 8.11.